The summed E-state index contributed by atoms with van der Waals surface area (Å²) in [4.78, 5) is 23.3. The molecule has 1 aromatic rings. The molecular weight excluding hydrogens is 272 g/mol. The summed E-state index contributed by atoms with van der Waals surface area (Å²) in [5.41, 5.74) is 0.965. The highest BCUT2D eigenvalue weighted by Gasteiger charge is 2.25. The van der Waals surface area contributed by atoms with E-state index in [4.69, 9.17) is 14.2 Å². The molecule has 0 aliphatic rings. The molecule has 0 N–H and O–H groups in total. The Morgan fingerprint density at radius 2 is 1.71 bits per heavy atom. The molecule has 0 heterocycles. The molecule has 21 heavy (non-hydrogen) atoms. The van der Waals surface area contributed by atoms with Crippen LogP contribution >= 0.6 is 0 Å². The molecule has 1 rings (SSSR count). The number of benzene rings is 1. The van der Waals surface area contributed by atoms with Gasteiger partial charge in [-0.25, -0.2) is 4.79 Å². The molecule has 1 aromatic carbocycles. The number of hydrogen-bond donors (Lipinski definition) is 0. The van der Waals surface area contributed by atoms with Gasteiger partial charge in [0.05, 0.1) is 5.92 Å². The van der Waals surface area contributed by atoms with Gasteiger partial charge in [0.15, 0.2) is 0 Å². The van der Waals surface area contributed by atoms with Crippen molar-refractivity contribution in [3.05, 3.63) is 29.8 Å². The Hall–Kier alpha value is -2.04. The molecular formula is C16H22O5. The lowest BCUT2D eigenvalue weighted by Gasteiger charge is -2.21. The van der Waals surface area contributed by atoms with E-state index in [1.54, 1.807) is 45.9 Å². The van der Waals surface area contributed by atoms with Crippen LogP contribution in [0.25, 0.3) is 0 Å². The highest BCUT2D eigenvalue weighted by Crippen LogP contribution is 2.16. The summed E-state index contributed by atoms with van der Waals surface area (Å²) in [6, 6.07) is 7.03. The van der Waals surface area contributed by atoms with Gasteiger partial charge in [0.1, 0.15) is 5.75 Å². The highest BCUT2D eigenvalue weighted by atomic mass is 16.8. The average molecular weight is 294 g/mol. The molecule has 0 amide bonds. The minimum atomic E-state index is -0.961. The largest absolute Gasteiger partial charge is 0.516 e. The lowest BCUT2D eigenvalue weighted by Crippen LogP contribution is -2.32. The lowest BCUT2D eigenvalue weighted by atomic mass is 10.2. The molecule has 5 nitrogen and oxygen atoms in total. The fourth-order valence-corrected chi connectivity index (χ4v) is 1.44. The van der Waals surface area contributed by atoms with Crippen molar-refractivity contribution < 1.29 is 23.8 Å². The molecule has 0 saturated carbocycles. The van der Waals surface area contributed by atoms with E-state index in [-0.39, 0.29) is 11.8 Å². The van der Waals surface area contributed by atoms with Crippen molar-refractivity contribution in [2.75, 3.05) is 0 Å². The molecule has 116 valence electrons. The van der Waals surface area contributed by atoms with Gasteiger partial charge in [-0.05, 0) is 24.6 Å². The number of esters is 1. The Bertz CT molecular complexity index is 493. The van der Waals surface area contributed by atoms with Crippen LogP contribution in [0.15, 0.2) is 24.3 Å². The zero-order chi connectivity index (χ0) is 16.0. The summed E-state index contributed by atoms with van der Waals surface area (Å²) < 4.78 is 15.3. The standard InChI is InChI=1S/C16H22O5/c1-10(2)14(17)20-15(11(3)4)21-16(18)19-13-8-6-7-12(5)9-13/h6-11,15H,1-5H3. The Morgan fingerprint density at radius 3 is 2.24 bits per heavy atom. The number of rotatable bonds is 5. The third-order valence-electron chi connectivity index (χ3n) is 2.65. The second-order valence-electron chi connectivity index (χ2n) is 5.49. The Balaban J connectivity index is 2.62. The number of hydrogen-bond acceptors (Lipinski definition) is 5. The predicted molar refractivity (Wildman–Crippen MR) is 77.8 cm³/mol. The van der Waals surface area contributed by atoms with E-state index in [1.807, 2.05) is 13.0 Å². The van der Waals surface area contributed by atoms with Gasteiger partial charge in [-0.15, -0.1) is 0 Å². The van der Waals surface area contributed by atoms with Crippen LogP contribution in [-0.2, 0) is 14.3 Å². The van der Waals surface area contributed by atoms with E-state index in [2.05, 4.69) is 0 Å². The van der Waals surface area contributed by atoms with Crippen molar-refractivity contribution in [1.82, 2.24) is 0 Å². The molecule has 0 fully saturated rings. The van der Waals surface area contributed by atoms with Gasteiger partial charge in [0, 0.05) is 5.92 Å². The first kappa shape index (κ1) is 17.0. The van der Waals surface area contributed by atoms with Gasteiger partial charge in [0.2, 0.25) is 0 Å². The van der Waals surface area contributed by atoms with Crippen LogP contribution in [0.1, 0.15) is 33.3 Å². The van der Waals surface area contributed by atoms with Gasteiger partial charge >= 0.3 is 12.1 Å². The number of carbonyl (C=O) groups is 2. The van der Waals surface area contributed by atoms with Crippen LogP contribution in [0.3, 0.4) is 0 Å². The van der Waals surface area contributed by atoms with E-state index in [9.17, 15) is 9.59 Å². The van der Waals surface area contributed by atoms with Crippen LogP contribution in [-0.4, -0.2) is 18.4 Å². The quantitative estimate of drug-likeness (QED) is 0.471. The zero-order valence-corrected chi connectivity index (χ0v) is 13.1. The topological polar surface area (TPSA) is 61.8 Å². The van der Waals surface area contributed by atoms with Crippen molar-refractivity contribution in [2.24, 2.45) is 11.8 Å². The maximum absolute atomic E-state index is 11.8. The van der Waals surface area contributed by atoms with E-state index in [0.717, 1.165) is 5.56 Å². The Morgan fingerprint density at radius 1 is 1.05 bits per heavy atom. The normalized spacial score (nSPS) is 12.1. The number of carbonyl (C=O) groups excluding carboxylic acids is 2. The van der Waals surface area contributed by atoms with Crippen molar-refractivity contribution in [2.45, 2.75) is 40.9 Å². The van der Waals surface area contributed by atoms with Crippen molar-refractivity contribution >= 4 is 12.1 Å². The molecule has 0 aliphatic heterocycles. The van der Waals surface area contributed by atoms with Gasteiger partial charge in [0.25, 0.3) is 6.29 Å². The fourth-order valence-electron chi connectivity index (χ4n) is 1.44. The van der Waals surface area contributed by atoms with Crippen molar-refractivity contribution in [3.63, 3.8) is 0 Å². The van der Waals surface area contributed by atoms with Crippen LogP contribution in [0.5, 0.6) is 5.75 Å². The van der Waals surface area contributed by atoms with Gasteiger partial charge < -0.3 is 14.2 Å². The second kappa shape index (κ2) is 7.67. The third kappa shape index (κ3) is 5.85. The van der Waals surface area contributed by atoms with E-state index in [1.165, 1.54) is 0 Å². The number of aryl methyl sites for hydroxylation is 1. The SMILES string of the molecule is Cc1cccc(OC(=O)OC(OC(=O)C(C)C)C(C)C)c1. The molecule has 5 heteroatoms. The van der Waals surface area contributed by atoms with Crippen LogP contribution in [0, 0.1) is 18.8 Å². The van der Waals surface area contributed by atoms with Crippen LogP contribution in [0.2, 0.25) is 0 Å². The molecule has 1 unspecified atom stereocenters. The fraction of sp³-hybridized carbons (Fsp3) is 0.500. The Kier molecular flexibility index (Phi) is 6.21. The molecule has 0 bridgehead atoms. The Labute approximate surface area is 125 Å². The minimum absolute atomic E-state index is 0.169. The number of ether oxygens (including phenoxy) is 3. The highest BCUT2D eigenvalue weighted by molar-refractivity contribution is 5.72. The molecule has 1 atom stereocenters. The van der Waals surface area contributed by atoms with E-state index < -0.39 is 18.4 Å². The van der Waals surface area contributed by atoms with Gasteiger partial charge in [-0.3, -0.25) is 4.79 Å². The summed E-state index contributed by atoms with van der Waals surface area (Å²) in [6.45, 7) is 8.89. The molecule has 0 saturated heterocycles. The van der Waals surface area contributed by atoms with Crippen LogP contribution in [0.4, 0.5) is 4.79 Å². The zero-order valence-electron chi connectivity index (χ0n) is 13.1. The van der Waals surface area contributed by atoms with Gasteiger partial charge in [-0.2, -0.15) is 0 Å². The minimum Gasteiger partial charge on any atom is -0.425 e. The monoisotopic (exact) mass is 294 g/mol. The maximum Gasteiger partial charge on any atom is 0.516 e. The molecule has 0 aromatic heterocycles. The summed E-state index contributed by atoms with van der Waals surface area (Å²) in [5.74, 6) is -0.491. The second-order valence-corrected chi connectivity index (χ2v) is 5.49. The maximum atomic E-state index is 11.8. The van der Waals surface area contributed by atoms with Crippen molar-refractivity contribution in [1.29, 1.82) is 0 Å². The molecule has 0 radical (unpaired) electrons. The summed E-state index contributed by atoms with van der Waals surface area (Å²) >= 11 is 0. The summed E-state index contributed by atoms with van der Waals surface area (Å²) in [5, 5.41) is 0. The van der Waals surface area contributed by atoms with Crippen LogP contribution < -0.4 is 4.74 Å². The first-order valence-electron chi connectivity index (χ1n) is 6.95. The third-order valence-corrected chi connectivity index (χ3v) is 2.65. The lowest BCUT2D eigenvalue weighted by molar-refractivity contribution is -0.180. The predicted octanol–water partition coefficient (Wildman–Crippen LogP) is 3.69. The van der Waals surface area contributed by atoms with Crippen molar-refractivity contribution in [3.8, 4) is 5.75 Å². The average Bonchev–Trinajstić information content (AvgIpc) is 2.37. The summed E-state index contributed by atoms with van der Waals surface area (Å²) in [6.07, 6.45) is -1.85. The molecule has 0 spiro atoms. The first-order valence-corrected chi connectivity index (χ1v) is 6.95. The molecule has 0 aliphatic carbocycles. The smallest absolute Gasteiger partial charge is 0.425 e. The van der Waals surface area contributed by atoms with Gasteiger partial charge in [-0.1, -0.05) is 39.8 Å². The summed E-state index contributed by atoms with van der Waals surface area (Å²) in [7, 11) is 0. The van der Waals surface area contributed by atoms with E-state index >= 15 is 0 Å². The first-order chi connectivity index (χ1) is 9.79. The van der Waals surface area contributed by atoms with E-state index in [0.29, 0.717) is 5.75 Å².